The standard InChI is InChI=1S/C25H31BrN2O3/c1-31-19-24(29)28-16-9-5-3-2-4-8-15-27(18-21-11-6-7-14-23(21)28)25(30)20-12-10-13-22(26)17-20/h6-7,10-14,17H,2-5,8-9,15-16,18-19H2,1H3. The summed E-state index contributed by atoms with van der Waals surface area (Å²) >= 11 is 3.47. The number of carbonyl (C=O) groups is 2. The molecule has 0 N–H and O–H groups in total. The lowest BCUT2D eigenvalue weighted by Crippen LogP contribution is -2.37. The molecule has 0 unspecified atom stereocenters. The molecule has 0 atom stereocenters. The minimum Gasteiger partial charge on any atom is -0.375 e. The molecule has 6 heteroatoms. The number of carbonyl (C=O) groups excluding carboxylic acids is 2. The highest BCUT2D eigenvalue weighted by molar-refractivity contribution is 9.10. The number of halogens is 1. The Kier molecular flexibility index (Phi) is 9.10. The molecule has 0 aliphatic carbocycles. The highest BCUT2D eigenvalue weighted by Crippen LogP contribution is 2.25. The maximum Gasteiger partial charge on any atom is 0.254 e. The van der Waals surface area contributed by atoms with Gasteiger partial charge < -0.3 is 14.5 Å². The molecule has 2 aromatic rings. The third-order valence-corrected chi connectivity index (χ3v) is 6.12. The molecule has 1 aliphatic heterocycles. The lowest BCUT2D eigenvalue weighted by molar-refractivity contribution is -0.122. The van der Waals surface area contributed by atoms with E-state index in [9.17, 15) is 9.59 Å². The topological polar surface area (TPSA) is 49.9 Å². The summed E-state index contributed by atoms with van der Waals surface area (Å²) in [7, 11) is 1.54. The van der Waals surface area contributed by atoms with Crippen LogP contribution in [0.3, 0.4) is 0 Å². The SMILES string of the molecule is COCC(=O)N1CCCCCCCCN(C(=O)c2cccc(Br)c2)Cc2ccccc21. The molecular formula is C25H31BrN2O3. The number of amides is 2. The molecule has 2 aromatic carbocycles. The quantitative estimate of drug-likeness (QED) is 0.581. The van der Waals surface area contributed by atoms with Crippen LogP contribution in [-0.4, -0.2) is 43.5 Å². The van der Waals surface area contributed by atoms with Gasteiger partial charge in [-0.05, 0) is 42.7 Å². The maximum atomic E-state index is 13.4. The molecule has 3 rings (SSSR count). The van der Waals surface area contributed by atoms with E-state index >= 15 is 0 Å². The fraction of sp³-hybridized carbons (Fsp3) is 0.440. The average Bonchev–Trinajstić information content (AvgIpc) is 2.79. The maximum absolute atomic E-state index is 13.4. The number of anilines is 1. The number of rotatable bonds is 3. The minimum atomic E-state index is -0.0466. The molecule has 0 spiro atoms. The van der Waals surface area contributed by atoms with E-state index in [0.29, 0.717) is 25.2 Å². The molecule has 1 heterocycles. The first-order valence-corrected chi connectivity index (χ1v) is 11.8. The molecular weight excluding hydrogens is 456 g/mol. The second kappa shape index (κ2) is 12.0. The van der Waals surface area contributed by atoms with Crippen LogP contribution in [0.4, 0.5) is 5.69 Å². The number of ether oxygens (including phenoxy) is 1. The van der Waals surface area contributed by atoms with E-state index < -0.39 is 0 Å². The zero-order chi connectivity index (χ0) is 22.1. The number of benzene rings is 2. The Labute approximate surface area is 193 Å². The van der Waals surface area contributed by atoms with Crippen molar-refractivity contribution in [2.45, 2.75) is 45.1 Å². The van der Waals surface area contributed by atoms with Gasteiger partial charge in [-0.2, -0.15) is 0 Å². The van der Waals surface area contributed by atoms with Crippen LogP contribution in [0.1, 0.15) is 54.4 Å². The minimum absolute atomic E-state index is 0.0146. The first-order valence-electron chi connectivity index (χ1n) is 11.0. The van der Waals surface area contributed by atoms with E-state index in [-0.39, 0.29) is 18.4 Å². The van der Waals surface area contributed by atoms with Crippen LogP contribution in [0.15, 0.2) is 53.0 Å². The van der Waals surface area contributed by atoms with Crippen LogP contribution in [0, 0.1) is 0 Å². The van der Waals surface area contributed by atoms with Crippen molar-refractivity contribution in [3.63, 3.8) is 0 Å². The first-order chi connectivity index (χ1) is 15.1. The predicted octanol–water partition coefficient (Wildman–Crippen LogP) is 5.43. The summed E-state index contributed by atoms with van der Waals surface area (Å²) < 4.78 is 6.02. The van der Waals surface area contributed by atoms with Crippen molar-refractivity contribution < 1.29 is 14.3 Å². The fourth-order valence-corrected chi connectivity index (χ4v) is 4.43. The number of nitrogens with zero attached hydrogens (tertiary/aromatic N) is 2. The molecule has 0 radical (unpaired) electrons. The van der Waals surface area contributed by atoms with Gasteiger partial charge in [-0.25, -0.2) is 0 Å². The van der Waals surface area contributed by atoms with E-state index in [1.807, 2.05) is 58.3 Å². The Balaban J connectivity index is 1.94. The number of hydrogen-bond donors (Lipinski definition) is 0. The second-order valence-electron chi connectivity index (χ2n) is 7.97. The van der Waals surface area contributed by atoms with Crippen molar-refractivity contribution in [3.05, 3.63) is 64.1 Å². The first kappa shape index (κ1) is 23.5. The van der Waals surface area contributed by atoms with Gasteiger partial charge in [-0.15, -0.1) is 0 Å². The largest absolute Gasteiger partial charge is 0.375 e. The third-order valence-electron chi connectivity index (χ3n) is 5.63. The lowest BCUT2D eigenvalue weighted by atomic mass is 10.1. The van der Waals surface area contributed by atoms with Crippen LogP contribution >= 0.6 is 15.9 Å². The molecule has 1 aliphatic rings. The van der Waals surface area contributed by atoms with Gasteiger partial charge in [-0.1, -0.05) is 65.9 Å². The number of para-hydroxylation sites is 1. The Hall–Kier alpha value is -2.18. The molecule has 2 amide bonds. The Morgan fingerprint density at radius 3 is 2.39 bits per heavy atom. The van der Waals surface area contributed by atoms with Gasteiger partial charge in [0.2, 0.25) is 0 Å². The van der Waals surface area contributed by atoms with Gasteiger partial charge in [0.05, 0.1) is 0 Å². The highest BCUT2D eigenvalue weighted by Gasteiger charge is 2.22. The van der Waals surface area contributed by atoms with Crippen molar-refractivity contribution >= 4 is 33.4 Å². The van der Waals surface area contributed by atoms with Crippen molar-refractivity contribution in [1.82, 2.24) is 4.90 Å². The summed E-state index contributed by atoms with van der Waals surface area (Å²) in [5.74, 6) is -0.0320. The van der Waals surface area contributed by atoms with E-state index in [1.54, 1.807) is 7.11 Å². The number of methoxy groups -OCH3 is 1. The second-order valence-corrected chi connectivity index (χ2v) is 8.88. The van der Waals surface area contributed by atoms with E-state index in [1.165, 1.54) is 0 Å². The van der Waals surface area contributed by atoms with Gasteiger partial charge in [0.25, 0.3) is 11.8 Å². The average molecular weight is 487 g/mol. The molecule has 0 bridgehead atoms. The molecule has 0 saturated carbocycles. The van der Waals surface area contributed by atoms with Gasteiger partial charge in [0.15, 0.2) is 0 Å². The van der Waals surface area contributed by atoms with Crippen molar-refractivity contribution in [3.8, 4) is 0 Å². The van der Waals surface area contributed by atoms with Crippen LogP contribution < -0.4 is 4.90 Å². The predicted molar refractivity (Wildman–Crippen MR) is 127 cm³/mol. The monoisotopic (exact) mass is 486 g/mol. The van der Waals surface area contributed by atoms with Crippen molar-refractivity contribution in [1.29, 1.82) is 0 Å². The van der Waals surface area contributed by atoms with Crippen LogP contribution in [-0.2, 0) is 16.1 Å². The van der Waals surface area contributed by atoms with E-state index in [4.69, 9.17) is 4.74 Å². The Bertz CT molecular complexity index is 887. The lowest BCUT2D eigenvalue weighted by Gasteiger charge is -2.28. The molecule has 166 valence electrons. The van der Waals surface area contributed by atoms with Crippen molar-refractivity contribution in [2.24, 2.45) is 0 Å². The summed E-state index contributed by atoms with van der Waals surface area (Å²) in [6.45, 7) is 1.89. The van der Waals surface area contributed by atoms with Gasteiger partial charge in [0.1, 0.15) is 6.61 Å². The summed E-state index contributed by atoms with van der Waals surface area (Å²) in [5, 5.41) is 0. The fourth-order valence-electron chi connectivity index (χ4n) is 4.03. The third kappa shape index (κ3) is 6.65. The van der Waals surface area contributed by atoms with E-state index in [0.717, 1.165) is 54.2 Å². The van der Waals surface area contributed by atoms with Crippen LogP contribution in [0.5, 0.6) is 0 Å². The zero-order valence-electron chi connectivity index (χ0n) is 18.2. The summed E-state index contributed by atoms with van der Waals surface area (Å²) in [6, 6.07) is 15.4. The summed E-state index contributed by atoms with van der Waals surface area (Å²) in [4.78, 5) is 30.0. The Morgan fingerprint density at radius 1 is 0.935 bits per heavy atom. The molecule has 31 heavy (non-hydrogen) atoms. The molecule has 0 fully saturated rings. The molecule has 0 saturated heterocycles. The van der Waals surface area contributed by atoms with Crippen LogP contribution in [0.25, 0.3) is 0 Å². The Morgan fingerprint density at radius 2 is 1.65 bits per heavy atom. The van der Waals surface area contributed by atoms with E-state index in [2.05, 4.69) is 15.9 Å². The zero-order valence-corrected chi connectivity index (χ0v) is 19.8. The number of fused-ring (bicyclic) bond motifs is 1. The van der Waals surface area contributed by atoms with Gasteiger partial charge in [0, 0.05) is 42.5 Å². The number of hydrogen-bond acceptors (Lipinski definition) is 3. The van der Waals surface area contributed by atoms with Crippen molar-refractivity contribution in [2.75, 3.05) is 31.7 Å². The normalized spacial score (nSPS) is 15.9. The smallest absolute Gasteiger partial charge is 0.254 e. The van der Waals surface area contributed by atoms with Crippen LogP contribution in [0.2, 0.25) is 0 Å². The van der Waals surface area contributed by atoms with Gasteiger partial charge in [-0.3, -0.25) is 9.59 Å². The molecule has 5 nitrogen and oxygen atoms in total. The molecule has 0 aromatic heterocycles. The summed E-state index contributed by atoms with van der Waals surface area (Å²) in [5.41, 5.74) is 2.52. The highest BCUT2D eigenvalue weighted by atomic mass is 79.9. The van der Waals surface area contributed by atoms with Gasteiger partial charge >= 0.3 is 0 Å². The summed E-state index contributed by atoms with van der Waals surface area (Å²) in [6.07, 6.45) is 6.44.